The highest BCUT2D eigenvalue weighted by Gasteiger charge is 2.18. The van der Waals surface area contributed by atoms with Gasteiger partial charge in [0.2, 0.25) is 0 Å². The van der Waals surface area contributed by atoms with Crippen molar-refractivity contribution < 1.29 is 0 Å². The van der Waals surface area contributed by atoms with Crippen molar-refractivity contribution in [1.29, 1.82) is 0 Å². The third kappa shape index (κ3) is 6.75. The van der Waals surface area contributed by atoms with Crippen molar-refractivity contribution in [1.82, 2.24) is 10.2 Å². The van der Waals surface area contributed by atoms with E-state index in [4.69, 9.17) is 0 Å². The molecule has 1 N–H and O–H groups in total. The molecule has 1 saturated heterocycles. The minimum Gasteiger partial charge on any atom is -0.312 e. The lowest BCUT2D eigenvalue weighted by molar-refractivity contribution is 0.190. The Morgan fingerprint density at radius 2 is 1.89 bits per heavy atom. The van der Waals surface area contributed by atoms with Crippen LogP contribution in [0.2, 0.25) is 0 Å². The molecule has 1 heterocycles. The van der Waals surface area contributed by atoms with Crippen LogP contribution in [-0.4, -0.2) is 36.1 Å². The number of nitrogens with zero attached hydrogens (tertiary/aromatic N) is 1. The van der Waals surface area contributed by atoms with Gasteiger partial charge in [0, 0.05) is 11.6 Å². The highest BCUT2D eigenvalue weighted by atomic mass is 15.1. The first-order valence-corrected chi connectivity index (χ1v) is 8.02. The number of hydrogen-bond acceptors (Lipinski definition) is 2. The zero-order valence-corrected chi connectivity index (χ0v) is 13.1. The lowest BCUT2D eigenvalue weighted by atomic mass is 10.1. The van der Waals surface area contributed by atoms with Crippen LogP contribution in [0.4, 0.5) is 0 Å². The summed E-state index contributed by atoms with van der Waals surface area (Å²) in [5.74, 6) is 0. The van der Waals surface area contributed by atoms with Crippen molar-refractivity contribution in [2.75, 3.05) is 19.6 Å². The Hall–Kier alpha value is -0.0800. The second-order valence-electron chi connectivity index (χ2n) is 6.83. The van der Waals surface area contributed by atoms with Crippen molar-refractivity contribution in [3.05, 3.63) is 0 Å². The molecule has 0 saturated carbocycles. The molecular formula is C16H34N2. The molecule has 1 fully saturated rings. The van der Waals surface area contributed by atoms with Gasteiger partial charge in [-0.2, -0.15) is 0 Å². The predicted molar refractivity (Wildman–Crippen MR) is 81.1 cm³/mol. The Kier molecular flexibility index (Phi) is 7.25. The van der Waals surface area contributed by atoms with Gasteiger partial charge in [-0.3, -0.25) is 0 Å². The molecule has 108 valence electrons. The topological polar surface area (TPSA) is 15.3 Å². The largest absolute Gasteiger partial charge is 0.312 e. The summed E-state index contributed by atoms with van der Waals surface area (Å²) in [5.41, 5.74) is 0.272. The van der Waals surface area contributed by atoms with Gasteiger partial charge in [0.25, 0.3) is 0 Å². The molecule has 1 aliphatic heterocycles. The van der Waals surface area contributed by atoms with Crippen LogP contribution in [0.3, 0.4) is 0 Å². The maximum Gasteiger partial charge on any atom is 0.00965 e. The second kappa shape index (κ2) is 8.16. The highest BCUT2D eigenvalue weighted by Crippen LogP contribution is 2.19. The van der Waals surface area contributed by atoms with Crippen LogP contribution >= 0.6 is 0 Å². The second-order valence-corrected chi connectivity index (χ2v) is 6.83. The molecule has 1 aliphatic rings. The van der Waals surface area contributed by atoms with E-state index < -0.39 is 0 Å². The van der Waals surface area contributed by atoms with E-state index in [1.54, 1.807) is 0 Å². The van der Waals surface area contributed by atoms with Crippen LogP contribution in [0.25, 0.3) is 0 Å². The van der Waals surface area contributed by atoms with E-state index >= 15 is 0 Å². The quantitative estimate of drug-likeness (QED) is 0.725. The van der Waals surface area contributed by atoms with Crippen LogP contribution in [0.5, 0.6) is 0 Å². The molecule has 1 unspecified atom stereocenters. The maximum atomic E-state index is 3.58. The van der Waals surface area contributed by atoms with Gasteiger partial charge in [-0.15, -0.1) is 0 Å². The molecule has 2 nitrogen and oxygen atoms in total. The van der Waals surface area contributed by atoms with Crippen LogP contribution in [-0.2, 0) is 0 Å². The SMILES string of the molecule is CCC1CCCCCN1CCCCNC(C)(C)C. The van der Waals surface area contributed by atoms with E-state index in [2.05, 4.69) is 37.9 Å². The Balaban J connectivity index is 2.16. The van der Waals surface area contributed by atoms with Crippen molar-refractivity contribution >= 4 is 0 Å². The summed E-state index contributed by atoms with van der Waals surface area (Å²) < 4.78 is 0. The van der Waals surface area contributed by atoms with Gasteiger partial charge >= 0.3 is 0 Å². The molecule has 0 aromatic rings. The fourth-order valence-corrected chi connectivity index (χ4v) is 2.90. The summed E-state index contributed by atoms with van der Waals surface area (Å²) in [7, 11) is 0. The average Bonchev–Trinajstić information content (AvgIpc) is 2.52. The van der Waals surface area contributed by atoms with Gasteiger partial charge in [-0.1, -0.05) is 19.8 Å². The first kappa shape index (κ1) is 16.0. The molecule has 0 aliphatic carbocycles. The van der Waals surface area contributed by atoms with Gasteiger partial charge < -0.3 is 10.2 Å². The molecule has 0 radical (unpaired) electrons. The van der Waals surface area contributed by atoms with Gasteiger partial charge in [0.05, 0.1) is 0 Å². The molecule has 2 heteroatoms. The third-order valence-corrected chi connectivity index (χ3v) is 4.00. The molecule has 0 aromatic carbocycles. The molecule has 0 spiro atoms. The van der Waals surface area contributed by atoms with Gasteiger partial charge in [-0.05, 0) is 72.5 Å². The standard InChI is InChI=1S/C16H34N2/c1-5-15-11-7-6-9-13-18(15)14-10-8-12-17-16(2,3)4/h15,17H,5-14H2,1-4H3. The molecule has 0 aromatic heterocycles. The van der Waals surface area contributed by atoms with Crippen LogP contribution in [0, 0.1) is 0 Å². The molecular weight excluding hydrogens is 220 g/mol. The lowest BCUT2D eigenvalue weighted by Gasteiger charge is -2.29. The fraction of sp³-hybridized carbons (Fsp3) is 1.00. The summed E-state index contributed by atoms with van der Waals surface area (Å²) in [4.78, 5) is 2.75. The number of hydrogen-bond donors (Lipinski definition) is 1. The van der Waals surface area contributed by atoms with Crippen LogP contribution < -0.4 is 5.32 Å². The minimum atomic E-state index is 0.272. The predicted octanol–water partition coefficient (Wildman–Crippen LogP) is 3.81. The van der Waals surface area contributed by atoms with Gasteiger partial charge in [0.1, 0.15) is 0 Å². The van der Waals surface area contributed by atoms with Crippen molar-refractivity contribution in [2.45, 2.75) is 84.2 Å². The summed E-state index contributed by atoms with van der Waals surface area (Å²) >= 11 is 0. The Labute approximate surface area is 115 Å². The molecule has 1 rings (SSSR count). The zero-order chi connectivity index (χ0) is 13.4. The fourth-order valence-electron chi connectivity index (χ4n) is 2.90. The highest BCUT2D eigenvalue weighted by molar-refractivity contribution is 4.75. The summed E-state index contributed by atoms with van der Waals surface area (Å²) in [6.45, 7) is 12.9. The molecule has 18 heavy (non-hydrogen) atoms. The van der Waals surface area contributed by atoms with Crippen molar-refractivity contribution in [2.24, 2.45) is 0 Å². The first-order valence-electron chi connectivity index (χ1n) is 8.02. The molecule has 0 bridgehead atoms. The third-order valence-electron chi connectivity index (χ3n) is 4.00. The summed E-state index contributed by atoms with van der Waals surface area (Å²) in [5, 5.41) is 3.58. The Bertz CT molecular complexity index is 208. The van der Waals surface area contributed by atoms with Gasteiger partial charge in [-0.25, -0.2) is 0 Å². The summed E-state index contributed by atoms with van der Waals surface area (Å²) in [6.07, 6.45) is 9.72. The number of likely N-dealkylation sites (tertiary alicyclic amines) is 1. The monoisotopic (exact) mass is 254 g/mol. The smallest absolute Gasteiger partial charge is 0.00965 e. The maximum absolute atomic E-state index is 3.58. The molecule has 1 atom stereocenters. The van der Waals surface area contributed by atoms with E-state index in [-0.39, 0.29) is 5.54 Å². The normalized spacial score (nSPS) is 23.0. The van der Waals surface area contributed by atoms with Crippen molar-refractivity contribution in [3.63, 3.8) is 0 Å². The van der Waals surface area contributed by atoms with E-state index in [1.807, 2.05) is 0 Å². The number of nitrogens with one attached hydrogen (secondary N) is 1. The van der Waals surface area contributed by atoms with E-state index in [0.717, 1.165) is 12.6 Å². The number of rotatable bonds is 6. The van der Waals surface area contributed by atoms with E-state index in [1.165, 1.54) is 58.0 Å². The van der Waals surface area contributed by atoms with Crippen LogP contribution in [0.15, 0.2) is 0 Å². The van der Waals surface area contributed by atoms with Crippen molar-refractivity contribution in [3.8, 4) is 0 Å². The van der Waals surface area contributed by atoms with Gasteiger partial charge in [0.15, 0.2) is 0 Å². The van der Waals surface area contributed by atoms with Crippen LogP contribution in [0.1, 0.15) is 72.6 Å². The zero-order valence-electron chi connectivity index (χ0n) is 13.1. The van der Waals surface area contributed by atoms with E-state index in [0.29, 0.717) is 0 Å². The lowest BCUT2D eigenvalue weighted by Crippen LogP contribution is -2.37. The Morgan fingerprint density at radius 1 is 1.11 bits per heavy atom. The molecule has 0 amide bonds. The summed E-state index contributed by atoms with van der Waals surface area (Å²) in [6, 6.07) is 0.864. The number of unbranched alkanes of at least 4 members (excludes halogenated alkanes) is 1. The first-order chi connectivity index (χ1) is 8.53. The van der Waals surface area contributed by atoms with E-state index in [9.17, 15) is 0 Å². The minimum absolute atomic E-state index is 0.272. The Morgan fingerprint density at radius 3 is 2.56 bits per heavy atom. The average molecular weight is 254 g/mol.